The molecule has 0 unspecified atom stereocenters. The van der Waals surface area contributed by atoms with Gasteiger partial charge in [-0.3, -0.25) is 9.59 Å². The molecule has 1 saturated carbocycles. The molecule has 1 aliphatic rings. The molecule has 0 spiro atoms. The van der Waals surface area contributed by atoms with Crippen LogP contribution >= 0.6 is 15.9 Å². The first kappa shape index (κ1) is 14.1. The smallest absolute Gasteiger partial charge is 0.223 e. The molecule has 1 aromatic rings. The summed E-state index contributed by atoms with van der Waals surface area (Å²) in [6.07, 6.45) is 0.905. The third-order valence-corrected chi connectivity index (χ3v) is 3.70. The van der Waals surface area contributed by atoms with Crippen LogP contribution in [0.4, 0.5) is 0 Å². The van der Waals surface area contributed by atoms with Gasteiger partial charge in [-0.25, -0.2) is 0 Å². The van der Waals surface area contributed by atoms with E-state index in [0.717, 1.165) is 10.9 Å². The van der Waals surface area contributed by atoms with Gasteiger partial charge in [0.2, 0.25) is 11.8 Å². The van der Waals surface area contributed by atoms with Crippen molar-refractivity contribution in [2.24, 2.45) is 5.92 Å². The molecular formula is C14H17BrN2O2. The monoisotopic (exact) mass is 324 g/mol. The molecule has 0 aliphatic heterocycles. The van der Waals surface area contributed by atoms with Gasteiger partial charge in [-0.15, -0.1) is 0 Å². The molecule has 1 aliphatic carbocycles. The van der Waals surface area contributed by atoms with Gasteiger partial charge in [-0.05, 0) is 30.0 Å². The molecule has 0 heterocycles. The normalized spacial score (nSPS) is 20.7. The van der Waals surface area contributed by atoms with Crippen molar-refractivity contribution in [1.29, 1.82) is 0 Å². The summed E-state index contributed by atoms with van der Waals surface area (Å²) in [5.74, 6) is 0.410. The van der Waals surface area contributed by atoms with Crippen LogP contribution in [0.2, 0.25) is 0 Å². The number of hydrogen-bond donors (Lipinski definition) is 2. The van der Waals surface area contributed by atoms with Crippen LogP contribution in [-0.2, 0) is 9.59 Å². The highest BCUT2D eigenvalue weighted by molar-refractivity contribution is 9.10. The highest BCUT2D eigenvalue weighted by Crippen LogP contribution is 2.47. The number of benzene rings is 1. The molecule has 2 N–H and O–H groups in total. The number of rotatable bonds is 5. The molecule has 1 fully saturated rings. The highest BCUT2D eigenvalue weighted by Gasteiger charge is 2.43. The lowest BCUT2D eigenvalue weighted by molar-refractivity contribution is -0.123. The van der Waals surface area contributed by atoms with E-state index in [4.69, 9.17) is 0 Å². The van der Waals surface area contributed by atoms with E-state index >= 15 is 0 Å². The molecule has 1 aromatic carbocycles. The first-order chi connectivity index (χ1) is 9.08. The Hall–Kier alpha value is -1.36. The lowest BCUT2D eigenvalue weighted by atomic mass is 10.1. The minimum absolute atomic E-state index is 0.0756. The van der Waals surface area contributed by atoms with Gasteiger partial charge in [0.25, 0.3) is 0 Å². The third kappa shape index (κ3) is 4.06. The summed E-state index contributed by atoms with van der Waals surface area (Å²) in [6.45, 7) is 2.43. The van der Waals surface area contributed by atoms with Gasteiger partial charge in [0.1, 0.15) is 0 Å². The van der Waals surface area contributed by atoms with E-state index < -0.39 is 0 Å². The Labute approximate surface area is 121 Å². The Kier molecular flexibility index (Phi) is 4.58. The van der Waals surface area contributed by atoms with E-state index in [1.165, 1.54) is 12.5 Å². The zero-order chi connectivity index (χ0) is 13.8. The fraction of sp³-hybridized carbons (Fsp3) is 0.429. The second-order valence-corrected chi connectivity index (χ2v) is 5.69. The molecule has 2 atom stereocenters. The van der Waals surface area contributed by atoms with Crippen LogP contribution in [0.15, 0.2) is 28.7 Å². The van der Waals surface area contributed by atoms with Gasteiger partial charge < -0.3 is 10.6 Å². The molecule has 0 radical (unpaired) electrons. The summed E-state index contributed by atoms with van der Waals surface area (Å²) in [5.41, 5.74) is 1.20. The number of carbonyl (C=O) groups is 2. The molecule has 2 amide bonds. The van der Waals surface area contributed by atoms with Crippen LogP contribution in [0.3, 0.4) is 0 Å². The number of hydrogen-bond acceptors (Lipinski definition) is 2. The lowest BCUT2D eigenvalue weighted by Gasteiger charge is -2.05. The Morgan fingerprint density at radius 1 is 1.32 bits per heavy atom. The van der Waals surface area contributed by atoms with Crippen LogP contribution in [0.25, 0.3) is 0 Å². The molecule has 0 aromatic heterocycles. The number of amides is 2. The summed E-state index contributed by atoms with van der Waals surface area (Å²) in [7, 11) is 0. The van der Waals surface area contributed by atoms with Crippen molar-refractivity contribution in [3.05, 3.63) is 34.3 Å². The fourth-order valence-corrected chi connectivity index (χ4v) is 2.56. The van der Waals surface area contributed by atoms with Crippen molar-refractivity contribution < 1.29 is 9.59 Å². The van der Waals surface area contributed by atoms with Crippen molar-refractivity contribution in [2.45, 2.75) is 19.3 Å². The molecule has 5 heteroatoms. The largest absolute Gasteiger partial charge is 0.355 e. The van der Waals surface area contributed by atoms with Crippen LogP contribution < -0.4 is 10.6 Å². The predicted octanol–water partition coefficient (Wildman–Crippen LogP) is 1.80. The first-order valence-corrected chi connectivity index (χ1v) is 7.15. The Balaban J connectivity index is 1.76. The van der Waals surface area contributed by atoms with Gasteiger partial charge in [-0.1, -0.05) is 28.1 Å². The average molecular weight is 325 g/mol. The minimum atomic E-state index is -0.0762. The molecule has 0 bridgehead atoms. The number of nitrogens with one attached hydrogen (secondary N) is 2. The molecule has 102 valence electrons. The van der Waals surface area contributed by atoms with E-state index in [9.17, 15) is 9.59 Å². The topological polar surface area (TPSA) is 58.2 Å². The van der Waals surface area contributed by atoms with Crippen molar-refractivity contribution in [1.82, 2.24) is 10.6 Å². The predicted molar refractivity (Wildman–Crippen MR) is 76.7 cm³/mol. The van der Waals surface area contributed by atoms with Gasteiger partial charge in [0, 0.05) is 30.4 Å². The highest BCUT2D eigenvalue weighted by atomic mass is 79.9. The average Bonchev–Trinajstić information content (AvgIpc) is 3.14. The van der Waals surface area contributed by atoms with Crippen LogP contribution in [0.1, 0.15) is 24.8 Å². The standard InChI is InChI=1S/C14H17BrN2O2/c1-9(18)16-5-6-17-14(19)13-8-12(13)10-3-2-4-11(15)7-10/h2-4,7,12-13H,5-6,8H2,1H3,(H,16,18)(H,17,19)/t12-,13-/m0/s1. The van der Waals surface area contributed by atoms with Gasteiger partial charge in [0.15, 0.2) is 0 Å². The third-order valence-electron chi connectivity index (χ3n) is 3.20. The van der Waals surface area contributed by atoms with E-state index in [-0.39, 0.29) is 17.7 Å². The van der Waals surface area contributed by atoms with Crippen LogP contribution in [0, 0.1) is 5.92 Å². The number of carbonyl (C=O) groups excluding carboxylic acids is 2. The van der Waals surface area contributed by atoms with Crippen molar-refractivity contribution in [3.63, 3.8) is 0 Å². The van der Waals surface area contributed by atoms with Crippen molar-refractivity contribution >= 4 is 27.7 Å². The zero-order valence-corrected chi connectivity index (χ0v) is 12.4. The maximum atomic E-state index is 11.9. The summed E-state index contributed by atoms with van der Waals surface area (Å²) >= 11 is 3.44. The molecular weight excluding hydrogens is 308 g/mol. The van der Waals surface area contributed by atoms with Gasteiger partial charge in [-0.2, -0.15) is 0 Å². The quantitative estimate of drug-likeness (QED) is 0.811. The molecule has 19 heavy (non-hydrogen) atoms. The summed E-state index contributed by atoms with van der Waals surface area (Å²) in [4.78, 5) is 22.6. The van der Waals surface area contributed by atoms with Crippen molar-refractivity contribution in [3.8, 4) is 0 Å². The van der Waals surface area contributed by atoms with Gasteiger partial charge >= 0.3 is 0 Å². The maximum Gasteiger partial charge on any atom is 0.223 e. The zero-order valence-electron chi connectivity index (χ0n) is 10.8. The van der Waals surface area contributed by atoms with E-state index in [2.05, 4.69) is 38.7 Å². The Morgan fingerprint density at radius 2 is 2.05 bits per heavy atom. The Bertz CT molecular complexity index is 490. The van der Waals surface area contributed by atoms with Crippen LogP contribution in [-0.4, -0.2) is 24.9 Å². The fourth-order valence-electron chi connectivity index (χ4n) is 2.15. The molecule has 0 saturated heterocycles. The molecule has 4 nitrogen and oxygen atoms in total. The van der Waals surface area contributed by atoms with E-state index in [0.29, 0.717) is 19.0 Å². The second-order valence-electron chi connectivity index (χ2n) is 4.78. The summed E-state index contributed by atoms with van der Waals surface area (Å²) in [5, 5.41) is 5.50. The second kappa shape index (κ2) is 6.19. The first-order valence-electron chi connectivity index (χ1n) is 6.35. The summed E-state index contributed by atoms with van der Waals surface area (Å²) < 4.78 is 1.04. The van der Waals surface area contributed by atoms with E-state index in [1.54, 1.807) is 0 Å². The lowest BCUT2D eigenvalue weighted by Crippen LogP contribution is -2.34. The minimum Gasteiger partial charge on any atom is -0.355 e. The molecule has 2 rings (SSSR count). The van der Waals surface area contributed by atoms with Gasteiger partial charge in [0.05, 0.1) is 0 Å². The van der Waals surface area contributed by atoms with Crippen molar-refractivity contribution in [2.75, 3.05) is 13.1 Å². The van der Waals surface area contributed by atoms with E-state index in [1.807, 2.05) is 12.1 Å². The summed E-state index contributed by atoms with van der Waals surface area (Å²) in [6, 6.07) is 8.09. The SMILES string of the molecule is CC(=O)NCCNC(=O)[C@H]1C[C@H]1c1cccc(Br)c1. The van der Waals surface area contributed by atoms with Crippen LogP contribution in [0.5, 0.6) is 0 Å². The number of halogens is 1. The maximum absolute atomic E-state index is 11.9. The Morgan fingerprint density at radius 3 is 2.74 bits per heavy atom.